The van der Waals surface area contributed by atoms with Gasteiger partial charge in [-0.05, 0) is 24.1 Å². The van der Waals surface area contributed by atoms with E-state index < -0.39 is 47.9 Å². The number of alkyl halides is 4. The van der Waals surface area contributed by atoms with E-state index in [0.29, 0.717) is 12.1 Å². The fourth-order valence-corrected chi connectivity index (χ4v) is 5.05. The Morgan fingerprint density at radius 1 is 1.35 bits per heavy atom. The summed E-state index contributed by atoms with van der Waals surface area (Å²) in [7, 11) is 0. The first-order chi connectivity index (χ1) is 16.0. The van der Waals surface area contributed by atoms with Gasteiger partial charge in [-0.3, -0.25) is 9.59 Å². The molecule has 182 valence electrons. The molecule has 1 fully saturated rings. The van der Waals surface area contributed by atoms with Gasteiger partial charge in [-0.25, -0.2) is 8.78 Å². The van der Waals surface area contributed by atoms with Crippen LogP contribution in [0.3, 0.4) is 0 Å². The number of nitrogens with zero attached hydrogens (tertiary/aromatic N) is 2. The van der Waals surface area contributed by atoms with E-state index >= 15 is 0 Å². The van der Waals surface area contributed by atoms with Crippen molar-refractivity contribution in [3.63, 3.8) is 0 Å². The summed E-state index contributed by atoms with van der Waals surface area (Å²) in [5.74, 6) is -1.97. The van der Waals surface area contributed by atoms with Crippen molar-refractivity contribution in [1.82, 2.24) is 14.9 Å². The highest BCUT2D eigenvalue weighted by Gasteiger charge is 2.34. The number of benzene rings is 1. The van der Waals surface area contributed by atoms with Crippen LogP contribution in [-0.2, 0) is 17.5 Å². The standard InChI is InChI=1S/C21H19F5N4O3S/c22-11-3-4-29(6-11)16(31)8-30-7-12(19(27)28-33)18-17(20(30)32)13(9-34-18)10-1-2-15(23)14(5-10)21(24,25)26/h1-2,5,7,9,11,19,28,33H,3-4,6,8,27H2. The number of rotatable bonds is 5. The number of pyridine rings is 1. The molecule has 1 aromatic carbocycles. The Hall–Kier alpha value is -2.87. The molecule has 1 amide bonds. The third kappa shape index (κ3) is 4.43. The first kappa shape index (κ1) is 24.3. The van der Waals surface area contributed by atoms with Crippen LogP contribution in [0.5, 0.6) is 0 Å². The highest BCUT2D eigenvalue weighted by atomic mass is 32.1. The first-order valence-electron chi connectivity index (χ1n) is 10.1. The Morgan fingerprint density at radius 2 is 2.09 bits per heavy atom. The predicted molar refractivity (Wildman–Crippen MR) is 114 cm³/mol. The van der Waals surface area contributed by atoms with E-state index in [0.717, 1.165) is 22.0 Å². The maximum Gasteiger partial charge on any atom is 0.419 e. The molecule has 0 saturated carbocycles. The normalized spacial score (nSPS) is 17.5. The maximum atomic E-state index is 13.8. The summed E-state index contributed by atoms with van der Waals surface area (Å²) < 4.78 is 68.3. The highest BCUT2D eigenvalue weighted by Crippen LogP contribution is 2.38. The zero-order valence-electron chi connectivity index (χ0n) is 17.4. The number of nitrogens with two attached hydrogens (primary N) is 1. The van der Waals surface area contributed by atoms with Gasteiger partial charge in [0, 0.05) is 33.9 Å². The molecule has 0 spiro atoms. The number of amides is 1. The van der Waals surface area contributed by atoms with Crippen LogP contribution in [0.4, 0.5) is 22.0 Å². The number of aromatic nitrogens is 1. The van der Waals surface area contributed by atoms with Crippen molar-refractivity contribution in [1.29, 1.82) is 0 Å². The van der Waals surface area contributed by atoms with Crippen LogP contribution in [0.15, 0.2) is 34.6 Å². The van der Waals surface area contributed by atoms with Gasteiger partial charge in [0.2, 0.25) is 5.91 Å². The lowest BCUT2D eigenvalue weighted by molar-refractivity contribution is -0.140. The number of nitrogens with one attached hydrogen (secondary N) is 1. The first-order valence-corrected chi connectivity index (χ1v) is 11.0. The zero-order valence-corrected chi connectivity index (χ0v) is 18.2. The van der Waals surface area contributed by atoms with Crippen molar-refractivity contribution in [3.8, 4) is 11.1 Å². The van der Waals surface area contributed by atoms with Crippen LogP contribution in [0.2, 0.25) is 0 Å². The Morgan fingerprint density at radius 3 is 2.71 bits per heavy atom. The van der Waals surface area contributed by atoms with Gasteiger partial charge in [-0.2, -0.15) is 18.7 Å². The SMILES string of the molecule is NC(NO)c1cn(CC(=O)N2CCC(F)C2)c(=O)c2c(-c3ccc(F)c(C(F)(F)F)c3)csc12. The van der Waals surface area contributed by atoms with E-state index in [1.807, 2.05) is 5.48 Å². The molecule has 0 bridgehead atoms. The molecule has 0 aliphatic carbocycles. The molecule has 13 heteroatoms. The third-order valence-corrected chi connectivity index (χ3v) is 6.70. The summed E-state index contributed by atoms with van der Waals surface area (Å²) in [5.41, 5.74) is 5.80. The number of halogens is 5. The molecule has 2 unspecified atom stereocenters. The largest absolute Gasteiger partial charge is 0.419 e. The molecule has 3 heterocycles. The average Bonchev–Trinajstić information content (AvgIpc) is 3.41. The predicted octanol–water partition coefficient (Wildman–Crippen LogP) is 3.39. The minimum atomic E-state index is -4.95. The average molecular weight is 502 g/mol. The van der Waals surface area contributed by atoms with Crippen LogP contribution in [0.25, 0.3) is 21.2 Å². The summed E-state index contributed by atoms with van der Waals surface area (Å²) in [6, 6.07) is 2.38. The second-order valence-corrected chi connectivity index (χ2v) is 8.78. The molecule has 4 N–H and O–H groups in total. The van der Waals surface area contributed by atoms with E-state index in [1.54, 1.807) is 0 Å². The molecule has 1 aliphatic heterocycles. The smallest absolute Gasteiger partial charge is 0.338 e. The van der Waals surface area contributed by atoms with Gasteiger partial charge < -0.3 is 20.4 Å². The third-order valence-electron chi connectivity index (χ3n) is 5.67. The lowest BCUT2D eigenvalue weighted by Crippen LogP contribution is -2.36. The van der Waals surface area contributed by atoms with Gasteiger partial charge in [0.1, 0.15) is 24.7 Å². The molecular weight excluding hydrogens is 483 g/mol. The van der Waals surface area contributed by atoms with Gasteiger partial charge in [0.15, 0.2) is 0 Å². The second kappa shape index (κ2) is 9.06. The molecule has 34 heavy (non-hydrogen) atoms. The van der Waals surface area contributed by atoms with E-state index in [1.165, 1.54) is 16.5 Å². The van der Waals surface area contributed by atoms with Gasteiger partial charge in [0.05, 0.1) is 17.5 Å². The lowest BCUT2D eigenvalue weighted by atomic mass is 10.0. The molecule has 7 nitrogen and oxygen atoms in total. The molecule has 2 atom stereocenters. The quantitative estimate of drug-likeness (QED) is 0.282. The molecular formula is C21H19F5N4O3S. The fourth-order valence-electron chi connectivity index (χ4n) is 3.93. The fraction of sp³-hybridized carbons (Fsp3) is 0.333. The van der Waals surface area contributed by atoms with Crippen molar-refractivity contribution in [2.24, 2.45) is 5.73 Å². The number of likely N-dealkylation sites (tertiary alicyclic amines) is 1. The molecule has 4 rings (SSSR count). The summed E-state index contributed by atoms with van der Waals surface area (Å²) in [6.07, 6.45) is -5.83. The molecule has 0 radical (unpaired) electrons. The number of hydrogen-bond donors (Lipinski definition) is 3. The highest BCUT2D eigenvalue weighted by molar-refractivity contribution is 7.18. The van der Waals surface area contributed by atoms with Crippen LogP contribution in [0.1, 0.15) is 23.7 Å². The molecule has 3 aromatic rings. The van der Waals surface area contributed by atoms with Crippen LogP contribution in [0, 0.1) is 5.82 Å². The monoisotopic (exact) mass is 502 g/mol. The number of hydroxylamine groups is 1. The molecule has 1 saturated heterocycles. The van der Waals surface area contributed by atoms with E-state index in [2.05, 4.69) is 0 Å². The van der Waals surface area contributed by atoms with Crippen LogP contribution < -0.4 is 16.8 Å². The lowest BCUT2D eigenvalue weighted by Gasteiger charge is -2.18. The number of fused-ring (bicyclic) bond motifs is 1. The minimum absolute atomic E-state index is 0.0366. The van der Waals surface area contributed by atoms with Crippen LogP contribution >= 0.6 is 11.3 Å². The number of carbonyl (C=O) groups is 1. The van der Waals surface area contributed by atoms with Crippen molar-refractivity contribution >= 4 is 27.3 Å². The van der Waals surface area contributed by atoms with Crippen molar-refractivity contribution < 1.29 is 32.0 Å². The minimum Gasteiger partial charge on any atom is -0.338 e. The Balaban J connectivity index is 1.87. The van der Waals surface area contributed by atoms with E-state index in [4.69, 9.17) is 5.73 Å². The topological polar surface area (TPSA) is 101 Å². The molecule has 2 aromatic heterocycles. The van der Waals surface area contributed by atoms with Gasteiger partial charge in [-0.1, -0.05) is 6.07 Å². The van der Waals surface area contributed by atoms with Gasteiger partial charge >= 0.3 is 6.18 Å². The summed E-state index contributed by atoms with van der Waals surface area (Å²) >= 11 is 1.000. The second-order valence-electron chi connectivity index (χ2n) is 7.90. The number of carbonyl (C=O) groups excluding carboxylic acids is 1. The van der Waals surface area contributed by atoms with Gasteiger partial charge in [0.25, 0.3) is 5.56 Å². The van der Waals surface area contributed by atoms with Crippen molar-refractivity contribution in [3.05, 3.63) is 57.1 Å². The van der Waals surface area contributed by atoms with E-state index in [-0.39, 0.29) is 46.3 Å². The molecule has 1 aliphatic rings. The Kier molecular flexibility index (Phi) is 6.46. The van der Waals surface area contributed by atoms with E-state index in [9.17, 15) is 36.7 Å². The summed E-state index contributed by atoms with van der Waals surface area (Å²) in [5, 5.41) is 10.7. The van der Waals surface area contributed by atoms with Crippen molar-refractivity contribution in [2.75, 3.05) is 13.1 Å². The zero-order chi connectivity index (χ0) is 24.8. The Bertz CT molecular complexity index is 1310. The summed E-state index contributed by atoms with van der Waals surface area (Å²) in [4.78, 5) is 27.2. The number of thiophene rings is 1. The summed E-state index contributed by atoms with van der Waals surface area (Å²) in [6.45, 7) is -0.361. The van der Waals surface area contributed by atoms with Gasteiger partial charge in [-0.15, -0.1) is 11.3 Å². The Labute approximate surface area is 193 Å². The maximum absolute atomic E-state index is 13.8. The number of hydrogen-bond acceptors (Lipinski definition) is 6. The van der Waals surface area contributed by atoms with Crippen LogP contribution in [-0.4, -0.2) is 39.8 Å². The van der Waals surface area contributed by atoms with Crippen molar-refractivity contribution in [2.45, 2.75) is 31.5 Å².